The number of methoxy groups -OCH3 is 1. The highest BCUT2D eigenvalue weighted by Gasteiger charge is 2.21. The van der Waals surface area contributed by atoms with Crippen LogP contribution in [0.5, 0.6) is 11.5 Å². The highest BCUT2D eigenvalue weighted by atomic mass is 35.5. The van der Waals surface area contributed by atoms with E-state index in [0.29, 0.717) is 16.5 Å². The third-order valence-corrected chi connectivity index (χ3v) is 3.74. The first-order chi connectivity index (χ1) is 11.8. The largest absolute Gasteiger partial charge is 0.507 e. The molecule has 2 aromatic rings. The number of halogens is 1. The zero-order valence-corrected chi connectivity index (χ0v) is 14.8. The van der Waals surface area contributed by atoms with Crippen LogP contribution in [0.25, 0.3) is 0 Å². The van der Waals surface area contributed by atoms with Gasteiger partial charge in [0, 0.05) is 5.69 Å². The van der Waals surface area contributed by atoms with Crippen LogP contribution in [0.15, 0.2) is 36.4 Å². The number of carbonyl (C=O) groups excluding carboxylic acids is 2. The number of amides is 1. The normalized spacial score (nSPS) is 11.5. The molecule has 0 heterocycles. The van der Waals surface area contributed by atoms with Gasteiger partial charge in [-0.25, -0.2) is 4.79 Å². The maximum Gasteiger partial charge on any atom is 0.342 e. The van der Waals surface area contributed by atoms with Crippen molar-refractivity contribution >= 4 is 29.2 Å². The van der Waals surface area contributed by atoms with Crippen molar-refractivity contribution < 1.29 is 24.2 Å². The minimum atomic E-state index is -1.06. The smallest absolute Gasteiger partial charge is 0.342 e. The summed E-state index contributed by atoms with van der Waals surface area (Å²) in [4.78, 5) is 24.3. The van der Waals surface area contributed by atoms with Gasteiger partial charge >= 0.3 is 5.97 Å². The Morgan fingerprint density at radius 2 is 1.92 bits per heavy atom. The van der Waals surface area contributed by atoms with Crippen LogP contribution < -0.4 is 10.1 Å². The lowest BCUT2D eigenvalue weighted by atomic mass is 10.1. The second-order valence-corrected chi connectivity index (χ2v) is 5.81. The second-order valence-electron chi connectivity index (χ2n) is 5.41. The molecule has 1 atom stereocenters. The minimum absolute atomic E-state index is 0.00661. The Morgan fingerprint density at radius 1 is 1.20 bits per heavy atom. The summed E-state index contributed by atoms with van der Waals surface area (Å²) < 4.78 is 10.1. The van der Waals surface area contributed by atoms with Crippen molar-refractivity contribution in [2.75, 3.05) is 12.4 Å². The average molecular weight is 364 g/mol. The monoisotopic (exact) mass is 363 g/mol. The number of aromatic hydroxyl groups is 1. The first kappa shape index (κ1) is 18.6. The molecule has 0 aliphatic carbocycles. The number of phenolic OH excluding ortho intramolecular Hbond substituents is 1. The van der Waals surface area contributed by atoms with Crippen molar-refractivity contribution in [1.82, 2.24) is 0 Å². The molecule has 132 valence electrons. The molecule has 0 aromatic heterocycles. The second kappa shape index (κ2) is 7.90. The molecule has 1 amide bonds. The van der Waals surface area contributed by atoms with Gasteiger partial charge in [0.1, 0.15) is 17.1 Å². The fourth-order valence-corrected chi connectivity index (χ4v) is 2.34. The van der Waals surface area contributed by atoms with Gasteiger partial charge in [0.25, 0.3) is 5.91 Å². The molecule has 0 aliphatic rings. The first-order valence-corrected chi connectivity index (χ1v) is 7.84. The van der Waals surface area contributed by atoms with Gasteiger partial charge in [-0.1, -0.05) is 23.2 Å². The van der Waals surface area contributed by atoms with Crippen LogP contribution in [0.4, 0.5) is 5.69 Å². The van der Waals surface area contributed by atoms with Crippen molar-refractivity contribution in [1.29, 1.82) is 0 Å². The Hall–Kier alpha value is -2.73. The van der Waals surface area contributed by atoms with Gasteiger partial charge in [0.2, 0.25) is 0 Å². The van der Waals surface area contributed by atoms with E-state index in [-0.39, 0.29) is 11.3 Å². The Morgan fingerprint density at radius 3 is 2.56 bits per heavy atom. The number of nitrogens with one attached hydrogen (secondary N) is 1. The van der Waals surface area contributed by atoms with Gasteiger partial charge in [-0.05, 0) is 44.2 Å². The highest BCUT2D eigenvalue weighted by molar-refractivity contribution is 6.32. The molecule has 0 spiro atoms. The molecule has 2 rings (SSSR count). The summed E-state index contributed by atoms with van der Waals surface area (Å²) in [6.45, 7) is 3.21. The molecule has 0 fully saturated rings. The van der Waals surface area contributed by atoms with E-state index >= 15 is 0 Å². The summed E-state index contributed by atoms with van der Waals surface area (Å²) in [5, 5.41) is 12.7. The number of ether oxygens (including phenoxy) is 2. The molecule has 2 N–H and O–H groups in total. The third-order valence-electron chi connectivity index (χ3n) is 3.44. The lowest BCUT2D eigenvalue weighted by molar-refractivity contribution is -0.123. The van der Waals surface area contributed by atoms with Gasteiger partial charge in [-0.2, -0.15) is 0 Å². The average Bonchev–Trinajstić information content (AvgIpc) is 2.57. The molecule has 0 bridgehead atoms. The predicted octanol–water partition coefficient (Wildman–Crippen LogP) is 3.55. The number of esters is 1. The molecule has 7 heteroatoms. The molecule has 2 aromatic carbocycles. The summed E-state index contributed by atoms with van der Waals surface area (Å²) >= 11 is 6.00. The van der Waals surface area contributed by atoms with E-state index in [1.165, 1.54) is 32.2 Å². The number of benzene rings is 2. The van der Waals surface area contributed by atoms with E-state index in [2.05, 4.69) is 5.32 Å². The van der Waals surface area contributed by atoms with E-state index < -0.39 is 18.0 Å². The number of rotatable bonds is 5. The number of aryl methyl sites for hydroxylation is 1. The topological polar surface area (TPSA) is 84.9 Å². The van der Waals surface area contributed by atoms with Crippen LogP contribution in [0.2, 0.25) is 5.02 Å². The molecule has 6 nitrogen and oxygen atoms in total. The summed E-state index contributed by atoms with van der Waals surface area (Å²) in [6, 6.07) is 9.30. The third kappa shape index (κ3) is 4.64. The van der Waals surface area contributed by atoms with Crippen LogP contribution in [0.1, 0.15) is 22.8 Å². The van der Waals surface area contributed by atoms with Crippen LogP contribution in [0, 0.1) is 6.92 Å². The van der Waals surface area contributed by atoms with Crippen LogP contribution >= 0.6 is 11.6 Å². The van der Waals surface area contributed by atoms with Crippen molar-refractivity contribution in [2.24, 2.45) is 0 Å². The van der Waals surface area contributed by atoms with Crippen LogP contribution in [-0.2, 0) is 9.53 Å². The maximum atomic E-state index is 12.2. The summed E-state index contributed by atoms with van der Waals surface area (Å²) in [7, 11) is 1.49. The van der Waals surface area contributed by atoms with Gasteiger partial charge in [-0.3, -0.25) is 4.79 Å². The Kier molecular flexibility index (Phi) is 5.88. The number of carbonyl (C=O) groups is 2. The molecule has 25 heavy (non-hydrogen) atoms. The maximum absolute atomic E-state index is 12.2. The van der Waals surface area contributed by atoms with E-state index in [1.54, 1.807) is 25.1 Å². The van der Waals surface area contributed by atoms with E-state index in [1.807, 2.05) is 0 Å². The number of anilines is 1. The van der Waals surface area contributed by atoms with Crippen LogP contribution in [-0.4, -0.2) is 30.2 Å². The van der Waals surface area contributed by atoms with Crippen molar-refractivity contribution in [2.45, 2.75) is 20.0 Å². The Bertz CT molecular complexity index is 806. The quantitative estimate of drug-likeness (QED) is 0.793. The number of phenols is 1. The zero-order chi connectivity index (χ0) is 18.6. The van der Waals surface area contributed by atoms with Gasteiger partial charge in [-0.15, -0.1) is 0 Å². The predicted molar refractivity (Wildman–Crippen MR) is 94.4 cm³/mol. The highest BCUT2D eigenvalue weighted by Crippen LogP contribution is 2.27. The SMILES string of the molecule is COc1ccc(NC(=O)C(C)OC(=O)c2cc(C)ccc2O)cc1Cl. The Balaban J connectivity index is 2.03. The van der Waals surface area contributed by atoms with Gasteiger partial charge in [0.15, 0.2) is 6.10 Å². The van der Waals surface area contributed by atoms with E-state index in [4.69, 9.17) is 21.1 Å². The minimum Gasteiger partial charge on any atom is -0.507 e. The number of hydrogen-bond donors (Lipinski definition) is 2. The van der Waals surface area contributed by atoms with Gasteiger partial charge < -0.3 is 19.9 Å². The summed E-state index contributed by atoms with van der Waals surface area (Å²) in [5.74, 6) is -1.03. The molecule has 0 saturated heterocycles. The molecular formula is C18H18ClNO5. The standard InChI is InChI=1S/C18H18ClNO5/c1-10-4-6-15(21)13(8-10)18(23)25-11(2)17(22)20-12-5-7-16(24-3)14(19)9-12/h4-9,11,21H,1-3H3,(H,20,22). The van der Waals surface area contributed by atoms with Crippen molar-refractivity contribution in [3.63, 3.8) is 0 Å². The fraction of sp³-hybridized carbons (Fsp3) is 0.222. The van der Waals surface area contributed by atoms with E-state index in [9.17, 15) is 14.7 Å². The van der Waals surface area contributed by atoms with Crippen molar-refractivity contribution in [3.05, 3.63) is 52.5 Å². The molecule has 0 saturated carbocycles. The van der Waals surface area contributed by atoms with Crippen LogP contribution in [0.3, 0.4) is 0 Å². The lowest BCUT2D eigenvalue weighted by Crippen LogP contribution is -2.30. The number of hydrogen-bond acceptors (Lipinski definition) is 5. The molecule has 1 unspecified atom stereocenters. The molecular weight excluding hydrogens is 346 g/mol. The molecule has 0 aliphatic heterocycles. The summed E-state index contributed by atoms with van der Waals surface area (Å²) in [5.41, 5.74) is 1.24. The lowest BCUT2D eigenvalue weighted by Gasteiger charge is -2.15. The van der Waals surface area contributed by atoms with E-state index in [0.717, 1.165) is 5.56 Å². The Labute approximate surface area is 150 Å². The summed E-state index contributed by atoms with van der Waals surface area (Å²) in [6.07, 6.45) is -1.06. The van der Waals surface area contributed by atoms with Crippen molar-refractivity contribution in [3.8, 4) is 11.5 Å². The van der Waals surface area contributed by atoms with Gasteiger partial charge in [0.05, 0.1) is 12.1 Å². The first-order valence-electron chi connectivity index (χ1n) is 7.47. The zero-order valence-electron chi connectivity index (χ0n) is 14.0. The fourth-order valence-electron chi connectivity index (χ4n) is 2.08. The molecule has 0 radical (unpaired) electrons.